The van der Waals surface area contributed by atoms with Gasteiger partial charge in [-0.15, -0.1) is 0 Å². The number of hydrogen-bond acceptors (Lipinski definition) is 5. The van der Waals surface area contributed by atoms with Crippen LogP contribution in [0, 0.1) is 17.5 Å². The normalized spacial score (nSPS) is 18.6. The summed E-state index contributed by atoms with van der Waals surface area (Å²) in [6.07, 6.45) is 1.40. The Morgan fingerprint density at radius 1 is 1.14 bits per heavy atom. The molecule has 0 radical (unpaired) electrons. The number of carbonyl (C=O) groups is 1. The van der Waals surface area contributed by atoms with Crippen LogP contribution in [-0.4, -0.2) is 44.8 Å². The fourth-order valence-corrected chi connectivity index (χ4v) is 5.94. The summed E-state index contributed by atoms with van der Waals surface area (Å²) in [6, 6.07) is 8.18. The summed E-state index contributed by atoms with van der Waals surface area (Å²) in [5, 5.41) is 9.52. The number of hydrogen-bond donors (Lipinski definition) is 1. The van der Waals surface area contributed by atoms with E-state index in [0.29, 0.717) is 54.8 Å². The lowest BCUT2D eigenvalue weighted by Gasteiger charge is -2.36. The third kappa shape index (κ3) is 5.32. The molecule has 1 saturated heterocycles. The number of aromatic nitrogens is 2. The maximum absolute atomic E-state index is 15.4. The molecule has 2 atom stereocenters. The molecule has 1 aromatic heterocycles. The molecule has 0 saturated carbocycles. The van der Waals surface area contributed by atoms with Gasteiger partial charge in [-0.05, 0) is 67.3 Å². The Balaban J connectivity index is 1.28. The Labute approximate surface area is 249 Å². The molecule has 42 heavy (non-hydrogen) atoms. The minimum Gasteiger partial charge on any atom is -0.487 e. The fourth-order valence-electron chi connectivity index (χ4n) is 5.55. The molecule has 0 spiro atoms. The number of halogens is 5. The molecular formula is C30H26Cl2F3N3O4. The largest absolute Gasteiger partial charge is 0.487 e. The highest BCUT2D eigenvalue weighted by Gasteiger charge is 2.30. The average Bonchev–Trinajstić information content (AvgIpc) is 3.27. The Morgan fingerprint density at radius 3 is 2.64 bits per heavy atom. The molecule has 0 unspecified atom stereocenters. The zero-order valence-electron chi connectivity index (χ0n) is 22.5. The van der Waals surface area contributed by atoms with E-state index in [1.165, 1.54) is 12.1 Å². The molecule has 3 aromatic carbocycles. The van der Waals surface area contributed by atoms with Crippen molar-refractivity contribution in [2.75, 3.05) is 13.2 Å². The van der Waals surface area contributed by atoms with E-state index in [-0.39, 0.29) is 34.9 Å². The van der Waals surface area contributed by atoms with Crippen molar-refractivity contribution in [2.24, 2.45) is 0 Å². The van der Waals surface area contributed by atoms with Gasteiger partial charge in [-0.2, -0.15) is 0 Å². The third-order valence-electron chi connectivity index (χ3n) is 8.01. The summed E-state index contributed by atoms with van der Waals surface area (Å²) in [5.74, 6) is -2.66. The van der Waals surface area contributed by atoms with E-state index >= 15 is 4.39 Å². The molecule has 220 valence electrons. The van der Waals surface area contributed by atoms with Gasteiger partial charge >= 0.3 is 5.97 Å². The standard InChI is InChI=1S/C30H26Cl2F3N3O4/c1-15-20-10-26(42-14-17-9-24(34)21(31)11-23(17)33)22(32)8-16(20)4-6-37(15)13-27-36-25-3-2-19(30(39)40)28(35)29(25)38(27)12-18-5-7-41-18/h2-3,8-11,15,18H,4-7,12-14H2,1H3,(H,39,40)/t15-,18-/m0/s1. The summed E-state index contributed by atoms with van der Waals surface area (Å²) >= 11 is 12.1. The van der Waals surface area contributed by atoms with Gasteiger partial charge in [-0.25, -0.2) is 22.9 Å². The van der Waals surface area contributed by atoms with Gasteiger partial charge < -0.3 is 19.1 Å². The number of carboxylic acid groups (broad SMARTS) is 1. The Kier molecular flexibility index (Phi) is 7.82. The number of benzene rings is 3. The van der Waals surface area contributed by atoms with Crippen LogP contribution in [0.15, 0.2) is 36.4 Å². The predicted octanol–water partition coefficient (Wildman–Crippen LogP) is 6.95. The van der Waals surface area contributed by atoms with Gasteiger partial charge in [0.25, 0.3) is 0 Å². The maximum Gasteiger partial charge on any atom is 0.338 e. The summed E-state index contributed by atoms with van der Waals surface area (Å²) < 4.78 is 56.7. The van der Waals surface area contributed by atoms with Crippen molar-refractivity contribution in [1.29, 1.82) is 0 Å². The number of aromatic carboxylic acids is 1. The molecule has 0 aliphatic carbocycles. The first kappa shape index (κ1) is 28.8. The van der Waals surface area contributed by atoms with Crippen LogP contribution in [0.2, 0.25) is 10.0 Å². The lowest BCUT2D eigenvalue weighted by atomic mass is 9.93. The molecule has 0 amide bonds. The van der Waals surface area contributed by atoms with Crippen LogP contribution >= 0.6 is 23.2 Å². The van der Waals surface area contributed by atoms with Gasteiger partial charge in [-0.3, -0.25) is 4.90 Å². The average molecular weight is 620 g/mol. The van der Waals surface area contributed by atoms with Crippen molar-refractivity contribution in [3.63, 3.8) is 0 Å². The molecule has 4 aromatic rings. The first-order valence-electron chi connectivity index (χ1n) is 13.5. The smallest absolute Gasteiger partial charge is 0.338 e. The maximum atomic E-state index is 15.4. The van der Waals surface area contributed by atoms with Crippen LogP contribution in [0.3, 0.4) is 0 Å². The van der Waals surface area contributed by atoms with Crippen molar-refractivity contribution >= 4 is 40.2 Å². The lowest BCUT2D eigenvalue weighted by molar-refractivity contribution is -0.0593. The third-order valence-corrected chi connectivity index (χ3v) is 8.60. The topological polar surface area (TPSA) is 76.8 Å². The summed E-state index contributed by atoms with van der Waals surface area (Å²) in [7, 11) is 0. The lowest BCUT2D eigenvalue weighted by Crippen LogP contribution is -2.36. The highest BCUT2D eigenvalue weighted by atomic mass is 35.5. The summed E-state index contributed by atoms with van der Waals surface area (Å²) in [6.45, 7) is 3.81. The molecule has 6 rings (SSSR count). The highest BCUT2D eigenvalue weighted by molar-refractivity contribution is 6.32. The SMILES string of the molecule is C[C@H]1c2cc(OCc3cc(F)c(Cl)cc3F)c(Cl)cc2CCN1Cc1nc2ccc(C(=O)O)c(F)c2n1C[C@@H]1CCO1. The first-order valence-corrected chi connectivity index (χ1v) is 14.2. The summed E-state index contributed by atoms with van der Waals surface area (Å²) in [4.78, 5) is 18.5. The Morgan fingerprint density at radius 2 is 1.93 bits per heavy atom. The zero-order valence-corrected chi connectivity index (χ0v) is 24.0. The van der Waals surface area contributed by atoms with E-state index in [2.05, 4.69) is 4.90 Å². The van der Waals surface area contributed by atoms with Crippen molar-refractivity contribution in [1.82, 2.24) is 14.5 Å². The van der Waals surface area contributed by atoms with Crippen LogP contribution in [0.4, 0.5) is 13.2 Å². The molecular weight excluding hydrogens is 594 g/mol. The van der Waals surface area contributed by atoms with Gasteiger partial charge in [0.15, 0.2) is 5.82 Å². The molecule has 12 heteroatoms. The molecule has 7 nitrogen and oxygen atoms in total. The van der Waals surface area contributed by atoms with Gasteiger partial charge in [0, 0.05) is 24.8 Å². The van der Waals surface area contributed by atoms with Crippen molar-refractivity contribution in [2.45, 2.75) is 51.6 Å². The van der Waals surface area contributed by atoms with Crippen molar-refractivity contribution in [3.8, 4) is 5.75 Å². The fraction of sp³-hybridized carbons (Fsp3) is 0.333. The molecule has 2 aliphatic rings. The van der Waals surface area contributed by atoms with E-state index in [1.807, 2.05) is 19.1 Å². The quantitative estimate of drug-likeness (QED) is 0.215. The Bertz CT molecular complexity index is 1710. The van der Waals surface area contributed by atoms with Gasteiger partial charge in [0.1, 0.15) is 35.3 Å². The van der Waals surface area contributed by atoms with Gasteiger partial charge in [-0.1, -0.05) is 23.2 Å². The van der Waals surface area contributed by atoms with Crippen LogP contribution in [0.1, 0.15) is 52.3 Å². The van der Waals surface area contributed by atoms with Gasteiger partial charge in [0.05, 0.1) is 40.3 Å². The van der Waals surface area contributed by atoms with Crippen LogP contribution in [-0.2, 0) is 30.9 Å². The van der Waals surface area contributed by atoms with Crippen molar-refractivity contribution < 1.29 is 32.5 Å². The minimum atomic E-state index is -1.34. The van der Waals surface area contributed by atoms with Gasteiger partial charge in [0.2, 0.25) is 0 Å². The second-order valence-electron chi connectivity index (χ2n) is 10.5. The monoisotopic (exact) mass is 619 g/mol. The second-order valence-corrected chi connectivity index (χ2v) is 11.4. The minimum absolute atomic E-state index is 0.00740. The molecule has 3 heterocycles. The van der Waals surface area contributed by atoms with E-state index in [0.717, 1.165) is 29.7 Å². The summed E-state index contributed by atoms with van der Waals surface area (Å²) in [5.41, 5.74) is 2.12. The zero-order chi connectivity index (χ0) is 29.7. The Hall–Kier alpha value is -3.31. The molecule has 0 bridgehead atoms. The number of imidazole rings is 1. The predicted molar refractivity (Wildman–Crippen MR) is 151 cm³/mol. The number of carboxylic acids is 1. The van der Waals surface area contributed by atoms with E-state index in [9.17, 15) is 18.7 Å². The van der Waals surface area contributed by atoms with E-state index in [1.54, 1.807) is 4.57 Å². The van der Waals surface area contributed by atoms with Crippen LogP contribution in [0.5, 0.6) is 5.75 Å². The number of rotatable bonds is 8. The van der Waals surface area contributed by atoms with Crippen molar-refractivity contribution in [3.05, 3.63) is 92.0 Å². The van der Waals surface area contributed by atoms with E-state index < -0.39 is 29.0 Å². The number of nitrogens with zero attached hydrogens (tertiary/aromatic N) is 3. The molecule has 1 N–H and O–H groups in total. The first-order chi connectivity index (χ1) is 20.1. The number of ether oxygens (including phenoxy) is 2. The van der Waals surface area contributed by atoms with E-state index in [4.69, 9.17) is 37.7 Å². The van der Waals surface area contributed by atoms with Crippen LogP contribution < -0.4 is 4.74 Å². The van der Waals surface area contributed by atoms with Crippen LogP contribution in [0.25, 0.3) is 11.0 Å². The highest BCUT2D eigenvalue weighted by Crippen LogP contribution is 2.38. The second kappa shape index (κ2) is 11.4. The molecule has 2 aliphatic heterocycles. The number of fused-ring (bicyclic) bond motifs is 2. The molecule has 1 fully saturated rings.